The van der Waals surface area contributed by atoms with E-state index in [2.05, 4.69) is 15.7 Å². The largest absolute Gasteiger partial charge is 0.484 e. The number of hydrogen-bond donors (Lipinski definition) is 2. The van der Waals surface area contributed by atoms with E-state index >= 15 is 0 Å². The molecule has 4 rings (SSSR count). The molecule has 0 bridgehead atoms. The van der Waals surface area contributed by atoms with Crippen molar-refractivity contribution in [3.05, 3.63) is 70.1 Å². The van der Waals surface area contributed by atoms with Gasteiger partial charge in [-0.15, -0.1) is 0 Å². The van der Waals surface area contributed by atoms with Crippen LogP contribution in [0.4, 0.5) is 4.39 Å². The van der Waals surface area contributed by atoms with Crippen molar-refractivity contribution < 1.29 is 18.7 Å². The molecule has 2 aromatic carbocycles. The Morgan fingerprint density at radius 3 is 2.82 bits per heavy atom. The number of ether oxygens (including phenoxy) is 1. The van der Waals surface area contributed by atoms with Crippen LogP contribution in [-0.4, -0.2) is 48.0 Å². The number of hydrogen-bond acceptors (Lipinski definition) is 5. The third-order valence-electron chi connectivity index (χ3n) is 5.28. The Morgan fingerprint density at radius 1 is 1.15 bits per heavy atom. The summed E-state index contributed by atoms with van der Waals surface area (Å²) in [5.74, 6) is -0.805. The standard InChI is InChI=1S/C23H21Cl2FN4O3/c24-16-2-6-20-15(9-16)1-5-21(28-20)23(32)29-30-8-7-14(12-30)11-27-22(31)13-33-17-3-4-18(25)19(26)10-17/h1-6,9-10,14H,7-8,11-13H2,(H,27,31)(H,29,32). The monoisotopic (exact) mass is 490 g/mol. The highest BCUT2D eigenvalue weighted by atomic mass is 35.5. The Labute approximate surface area is 199 Å². The summed E-state index contributed by atoms with van der Waals surface area (Å²) in [6.07, 6.45) is 0.813. The summed E-state index contributed by atoms with van der Waals surface area (Å²) < 4.78 is 18.7. The summed E-state index contributed by atoms with van der Waals surface area (Å²) in [4.78, 5) is 29.0. The molecule has 0 saturated carbocycles. The van der Waals surface area contributed by atoms with E-state index in [9.17, 15) is 14.0 Å². The Morgan fingerprint density at radius 2 is 2.00 bits per heavy atom. The molecule has 3 aromatic rings. The van der Waals surface area contributed by atoms with Gasteiger partial charge in [0.2, 0.25) is 0 Å². The van der Waals surface area contributed by atoms with Gasteiger partial charge in [0.15, 0.2) is 6.61 Å². The first-order chi connectivity index (χ1) is 15.9. The van der Waals surface area contributed by atoms with Crippen molar-refractivity contribution in [3.8, 4) is 5.75 Å². The number of nitrogens with zero attached hydrogens (tertiary/aromatic N) is 2. The van der Waals surface area contributed by atoms with Crippen LogP contribution in [0.25, 0.3) is 10.9 Å². The molecule has 2 N–H and O–H groups in total. The van der Waals surface area contributed by atoms with E-state index in [0.29, 0.717) is 35.9 Å². The van der Waals surface area contributed by atoms with Crippen molar-refractivity contribution in [3.63, 3.8) is 0 Å². The van der Waals surface area contributed by atoms with Crippen LogP contribution in [0.15, 0.2) is 48.5 Å². The third kappa shape index (κ3) is 6.10. The lowest BCUT2D eigenvalue weighted by Crippen LogP contribution is -2.42. The van der Waals surface area contributed by atoms with Gasteiger partial charge in [0.1, 0.15) is 17.3 Å². The van der Waals surface area contributed by atoms with Gasteiger partial charge >= 0.3 is 0 Å². The summed E-state index contributed by atoms with van der Waals surface area (Å²) in [6, 6.07) is 12.8. The summed E-state index contributed by atoms with van der Waals surface area (Å²) in [7, 11) is 0. The highest BCUT2D eigenvalue weighted by Crippen LogP contribution is 2.21. The maximum atomic E-state index is 13.4. The first-order valence-corrected chi connectivity index (χ1v) is 11.1. The molecule has 7 nitrogen and oxygen atoms in total. The summed E-state index contributed by atoms with van der Waals surface area (Å²) in [5, 5.41) is 6.09. The van der Waals surface area contributed by atoms with E-state index in [0.717, 1.165) is 17.9 Å². The first-order valence-electron chi connectivity index (χ1n) is 10.3. The van der Waals surface area contributed by atoms with Gasteiger partial charge in [-0.1, -0.05) is 29.3 Å². The van der Waals surface area contributed by atoms with Crippen LogP contribution in [-0.2, 0) is 4.79 Å². The second-order valence-electron chi connectivity index (χ2n) is 7.74. The minimum atomic E-state index is -0.606. The number of benzene rings is 2. The molecule has 0 spiro atoms. The number of carbonyl (C=O) groups excluding carboxylic acids is 2. The van der Waals surface area contributed by atoms with E-state index in [4.69, 9.17) is 27.9 Å². The zero-order valence-corrected chi connectivity index (χ0v) is 19.0. The zero-order valence-electron chi connectivity index (χ0n) is 17.5. The van der Waals surface area contributed by atoms with Crippen molar-refractivity contribution >= 4 is 45.9 Å². The minimum absolute atomic E-state index is 0.00834. The number of amides is 2. The summed E-state index contributed by atoms with van der Waals surface area (Å²) in [6.45, 7) is 1.47. The zero-order chi connectivity index (χ0) is 23.4. The maximum Gasteiger partial charge on any atom is 0.284 e. The molecule has 1 unspecified atom stereocenters. The van der Waals surface area contributed by atoms with Crippen LogP contribution in [0.1, 0.15) is 16.9 Å². The van der Waals surface area contributed by atoms with Crippen molar-refractivity contribution in [2.75, 3.05) is 26.2 Å². The quantitative estimate of drug-likeness (QED) is 0.525. The number of hydrazine groups is 1. The van der Waals surface area contributed by atoms with Gasteiger partial charge in [0.25, 0.3) is 11.8 Å². The van der Waals surface area contributed by atoms with Gasteiger partial charge < -0.3 is 10.1 Å². The second-order valence-corrected chi connectivity index (χ2v) is 8.59. The van der Waals surface area contributed by atoms with Gasteiger partial charge in [-0.05, 0) is 48.7 Å². The highest BCUT2D eigenvalue weighted by Gasteiger charge is 2.25. The molecule has 1 atom stereocenters. The fraction of sp³-hybridized carbons (Fsp3) is 0.261. The lowest BCUT2D eigenvalue weighted by atomic mass is 10.1. The van der Waals surface area contributed by atoms with Gasteiger partial charge in [0, 0.05) is 36.1 Å². The number of nitrogens with one attached hydrogen (secondary N) is 2. The Balaban J connectivity index is 1.21. The lowest BCUT2D eigenvalue weighted by Gasteiger charge is -2.17. The second kappa shape index (κ2) is 10.3. The number of carbonyl (C=O) groups is 2. The molecular formula is C23H21Cl2FN4O3. The number of halogens is 3. The van der Waals surface area contributed by atoms with E-state index in [1.807, 2.05) is 11.1 Å². The molecule has 1 aromatic heterocycles. The number of pyridine rings is 1. The van der Waals surface area contributed by atoms with Crippen molar-refractivity contribution in [2.45, 2.75) is 6.42 Å². The maximum absolute atomic E-state index is 13.4. The van der Waals surface area contributed by atoms with Crippen LogP contribution in [0.2, 0.25) is 10.0 Å². The molecule has 172 valence electrons. The van der Waals surface area contributed by atoms with Crippen molar-refractivity contribution in [1.29, 1.82) is 0 Å². The predicted molar refractivity (Wildman–Crippen MR) is 124 cm³/mol. The van der Waals surface area contributed by atoms with Gasteiger partial charge in [-0.25, -0.2) is 14.4 Å². The molecular weight excluding hydrogens is 470 g/mol. The third-order valence-corrected chi connectivity index (χ3v) is 5.82. The van der Waals surface area contributed by atoms with Gasteiger partial charge in [0.05, 0.1) is 10.5 Å². The normalized spacial score (nSPS) is 16.0. The molecule has 33 heavy (non-hydrogen) atoms. The van der Waals surface area contributed by atoms with Crippen molar-refractivity contribution in [1.82, 2.24) is 20.7 Å². The average Bonchev–Trinajstić information content (AvgIpc) is 3.25. The average molecular weight is 491 g/mol. The fourth-order valence-corrected chi connectivity index (χ4v) is 3.85. The Hall–Kier alpha value is -2.94. The molecule has 1 aliphatic heterocycles. The lowest BCUT2D eigenvalue weighted by molar-refractivity contribution is -0.123. The van der Waals surface area contributed by atoms with E-state index in [1.165, 1.54) is 12.1 Å². The fourth-order valence-electron chi connectivity index (χ4n) is 3.55. The molecule has 1 saturated heterocycles. The molecule has 10 heteroatoms. The molecule has 0 radical (unpaired) electrons. The molecule has 0 aliphatic carbocycles. The SMILES string of the molecule is O=C(COc1ccc(Cl)c(F)c1)NCC1CCN(NC(=O)c2ccc3cc(Cl)ccc3n2)C1. The number of aromatic nitrogens is 1. The highest BCUT2D eigenvalue weighted by molar-refractivity contribution is 6.31. The smallest absolute Gasteiger partial charge is 0.284 e. The molecule has 2 amide bonds. The minimum Gasteiger partial charge on any atom is -0.484 e. The van der Waals surface area contributed by atoms with Crippen molar-refractivity contribution in [2.24, 2.45) is 5.92 Å². The summed E-state index contributed by atoms with van der Waals surface area (Å²) >= 11 is 11.6. The number of fused-ring (bicyclic) bond motifs is 1. The first kappa shape index (κ1) is 23.2. The topological polar surface area (TPSA) is 83.6 Å². The summed E-state index contributed by atoms with van der Waals surface area (Å²) in [5.41, 5.74) is 3.88. The van der Waals surface area contributed by atoms with Gasteiger partial charge in [-0.2, -0.15) is 0 Å². The van der Waals surface area contributed by atoms with E-state index in [1.54, 1.807) is 24.3 Å². The number of rotatable bonds is 7. The van der Waals surface area contributed by atoms with Crippen LogP contribution in [0.3, 0.4) is 0 Å². The van der Waals surface area contributed by atoms with E-state index < -0.39 is 5.82 Å². The van der Waals surface area contributed by atoms with Crippen LogP contribution in [0, 0.1) is 11.7 Å². The molecule has 1 aliphatic rings. The van der Waals surface area contributed by atoms with Crippen LogP contribution < -0.4 is 15.5 Å². The predicted octanol–water partition coefficient (Wildman–Crippen LogP) is 3.84. The van der Waals surface area contributed by atoms with Crippen LogP contribution in [0.5, 0.6) is 5.75 Å². The Kier molecular flexibility index (Phi) is 7.27. The van der Waals surface area contributed by atoms with Gasteiger partial charge in [-0.3, -0.25) is 15.0 Å². The van der Waals surface area contributed by atoms with E-state index in [-0.39, 0.29) is 35.1 Å². The molecule has 2 heterocycles. The molecule has 1 fully saturated rings. The Bertz CT molecular complexity index is 1190. The van der Waals surface area contributed by atoms with Crippen LogP contribution >= 0.6 is 23.2 Å².